The average Bonchev–Trinajstić information content (AvgIpc) is 3.14. The van der Waals surface area contributed by atoms with Crippen LogP contribution in [-0.4, -0.2) is 49.4 Å². The molecule has 158 valence electrons. The van der Waals surface area contributed by atoms with Gasteiger partial charge in [-0.2, -0.15) is 4.31 Å². The van der Waals surface area contributed by atoms with Crippen molar-refractivity contribution in [2.24, 2.45) is 0 Å². The fourth-order valence-corrected chi connectivity index (χ4v) is 6.07. The van der Waals surface area contributed by atoms with Crippen LogP contribution in [0.3, 0.4) is 0 Å². The Balaban J connectivity index is 1.72. The molecule has 2 aromatic heterocycles. The Bertz CT molecular complexity index is 1160. The van der Waals surface area contributed by atoms with E-state index in [1.807, 2.05) is 26.0 Å². The average molecular weight is 446 g/mol. The lowest BCUT2D eigenvalue weighted by Crippen LogP contribution is -2.42. The Morgan fingerprint density at radius 1 is 1.23 bits per heavy atom. The fraction of sp³-hybridized carbons (Fsp3) is 0.333. The van der Waals surface area contributed by atoms with E-state index in [2.05, 4.69) is 10.3 Å². The molecule has 1 N–H and O–H groups in total. The molecule has 0 aliphatic carbocycles. The lowest BCUT2D eigenvalue weighted by Gasteiger charge is -2.32. The number of fused-ring (bicyclic) bond motifs is 1. The van der Waals surface area contributed by atoms with Crippen LogP contribution in [0.5, 0.6) is 0 Å². The second-order valence-corrected chi connectivity index (χ2v) is 10.3. The van der Waals surface area contributed by atoms with Gasteiger partial charge in [0.05, 0.1) is 17.6 Å². The summed E-state index contributed by atoms with van der Waals surface area (Å²) >= 11 is 1.30. The molecule has 1 atom stereocenters. The number of nitrogens with zero attached hydrogens (tertiary/aromatic N) is 2. The molecule has 3 heterocycles. The van der Waals surface area contributed by atoms with Crippen LogP contribution in [0.2, 0.25) is 0 Å². The maximum Gasteiger partial charge on any atom is 0.262 e. The minimum absolute atomic E-state index is 0.0225. The Morgan fingerprint density at radius 3 is 2.73 bits per heavy atom. The normalized spacial score (nSPS) is 18.0. The number of ether oxygens (including phenoxy) is 1. The van der Waals surface area contributed by atoms with Crippen LogP contribution in [0.4, 0.5) is 0 Å². The van der Waals surface area contributed by atoms with Crippen molar-refractivity contribution in [2.45, 2.75) is 30.9 Å². The number of hydrogen-bond donors (Lipinski definition) is 1. The third-order valence-electron chi connectivity index (χ3n) is 4.86. The van der Waals surface area contributed by atoms with Crippen molar-refractivity contribution in [3.8, 4) is 0 Å². The summed E-state index contributed by atoms with van der Waals surface area (Å²) in [5.41, 5.74) is 0.703. The van der Waals surface area contributed by atoms with Gasteiger partial charge in [0.15, 0.2) is 0 Å². The smallest absolute Gasteiger partial charge is 0.262 e. The molecule has 1 aliphatic heterocycles. The predicted octanol–water partition coefficient (Wildman–Crippen LogP) is 3.20. The number of aromatic nitrogens is 1. The van der Waals surface area contributed by atoms with Crippen molar-refractivity contribution < 1.29 is 17.9 Å². The van der Waals surface area contributed by atoms with Gasteiger partial charge in [-0.05, 0) is 32.0 Å². The summed E-state index contributed by atoms with van der Waals surface area (Å²) in [5, 5.41) is 3.74. The monoisotopic (exact) mass is 445 g/mol. The fourth-order valence-electron chi connectivity index (χ4n) is 3.53. The molecule has 30 heavy (non-hydrogen) atoms. The standard InChI is InChI=1S/C21H23N3O4S2/c1-14(2)23-20(25)19-18(16-9-6-10-22-21(16)29-19)17-13-24(11-12-28-17)30(26,27)15-7-4-3-5-8-15/h3-10,14,17H,11-13H2,1-2H3,(H,23,25)/t17-/m1/s1. The van der Waals surface area contributed by atoms with Crippen LogP contribution in [-0.2, 0) is 14.8 Å². The van der Waals surface area contributed by atoms with Crippen LogP contribution < -0.4 is 5.32 Å². The summed E-state index contributed by atoms with van der Waals surface area (Å²) in [6.45, 7) is 4.45. The highest BCUT2D eigenvalue weighted by atomic mass is 32.2. The minimum Gasteiger partial charge on any atom is -0.371 e. The van der Waals surface area contributed by atoms with Gasteiger partial charge in [0, 0.05) is 36.3 Å². The van der Waals surface area contributed by atoms with E-state index < -0.39 is 16.1 Å². The summed E-state index contributed by atoms with van der Waals surface area (Å²) in [4.78, 5) is 18.8. The molecule has 9 heteroatoms. The van der Waals surface area contributed by atoms with Gasteiger partial charge in [0.25, 0.3) is 5.91 Å². The molecule has 0 radical (unpaired) electrons. The minimum atomic E-state index is -3.65. The first-order valence-corrected chi connectivity index (χ1v) is 12.0. The zero-order valence-electron chi connectivity index (χ0n) is 16.7. The van der Waals surface area contributed by atoms with E-state index in [-0.39, 0.29) is 36.5 Å². The zero-order valence-corrected chi connectivity index (χ0v) is 18.4. The highest BCUT2D eigenvalue weighted by Gasteiger charge is 2.35. The van der Waals surface area contributed by atoms with Crippen LogP contribution in [0.25, 0.3) is 10.2 Å². The van der Waals surface area contributed by atoms with E-state index in [4.69, 9.17) is 4.74 Å². The van der Waals surface area contributed by atoms with E-state index in [1.54, 1.807) is 36.5 Å². The molecule has 7 nitrogen and oxygen atoms in total. The topological polar surface area (TPSA) is 88.6 Å². The molecule has 1 aliphatic rings. The Kier molecular flexibility index (Phi) is 5.88. The van der Waals surface area contributed by atoms with E-state index in [0.717, 1.165) is 10.2 Å². The third-order valence-corrected chi connectivity index (χ3v) is 7.87. The third kappa shape index (κ3) is 3.98. The number of amides is 1. The van der Waals surface area contributed by atoms with Crippen molar-refractivity contribution in [3.63, 3.8) is 0 Å². The maximum absolute atomic E-state index is 13.1. The van der Waals surface area contributed by atoms with E-state index in [1.165, 1.54) is 15.6 Å². The first-order valence-electron chi connectivity index (χ1n) is 9.73. The van der Waals surface area contributed by atoms with Crippen molar-refractivity contribution in [3.05, 3.63) is 59.1 Å². The molecular formula is C21H23N3O4S2. The number of rotatable bonds is 5. The van der Waals surface area contributed by atoms with Crippen LogP contribution >= 0.6 is 11.3 Å². The molecule has 1 fully saturated rings. The molecular weight excluding hydrogens is 422 g/mol. The van der Waals surface area contributed by atoms with Gasteiger partial charge in [0.1, 0.15) is 9.71 Å². The summed E-state index contributed by atoms with van der Waals surface area (Å²) in [6.07, 6.45) is 1.13. The quantitative estimate of drug-likeness (QED) is 0.652. The largest absolute Gasteiger partial charge is 0.371 e. The maximum atomic E-state index is 13.1. The number of nitrogens with one attached hydrogen (secondary N) is 1. The summed E-state index contributed by atoms with van der Waals surface area (Å²) < 4.78 is 33.6. The molecule has 4 rings (SSSR count). The lowest BCUT2D eigenvalue weighted by atomic mass is 10.0. The zero-order chi connectivity index (χ0) is 21.3. The van der Waals surface area contributed by atoms with Crippen LogP contribution in [0.15, 0.2) is 53.6 Å². The van der Waals surface area contributed by atoms with E-state index in [9.17, 15) is 13.2 Å². The Hall–Kier alpha value is -2.33. The number of sulfonamides is 1. The van der Waals surface area contributed by atoms with Crippen molar-refractivity contribution in [1.29, 1.82) is 0 Å². The van der Waals surface area contributed by atoms with Gasteiger partial charge in [0.2, 0.25) is 10.0 Å². The highest BCUT2D eigenvalue weighted by Crippen LogP contribution is 2.38. The van der Waals surface area contributed by atoms with Gasteiger partial charge >= 0.3 is 0 Å². The number of carbonyl (C=O) groups is 1. The molecule has 1 amide bonds. The molecule has 1 saturated heterocycles. The molecule has 0 unspecified atom stereocenters. The summed E-state index contributed by atoms with van der Waals surface area (Å²) in [5.74, 6) is -0.199. The molecule has 0 spiro atoms. The number of carbonyl (C=O) groups excluding carboxylic acids is 1. The first kappa shape index (κ1) is 20.9. The number of morpholine rings is 1. The second kappa shape index (κ2) is 8.43. The van der Waals surface area contributed by atoms with Crippen molar-refractivity contribution in [2.75, 3.05) is 19.7 Å². The molecule has 1 aromatic carbocycles. The first-order chi connectivity index (χ1) is 14.4. The Labute approximate surface area is 179 Å². The van der Waals surface area contributed by atoms with Crippen molar-refractivity contribution >= 4 is 37.5 Å². The van der Waals surface area contributed by atoms with Gasteiger partial charge in [-0.15, -0.1) is 11.3 Å². The van der Waals surface area contributed by atoms with Crippen LogP contribution in [0.1, 0.15) is 35.2 Å². The number of hydrogen-bond acceptors (Lipinski definition) is 6. The molecule has 0 bridgehead atoms. The number of benzene rings is 1. The number of pyridine rings is 1. The van der Waals surface area contributed by atoms with Crippen LogP contribution in [0, 0.1) is 0 Å². The van der Waals surface area contributed by atoms with Gasteiger partial charge in [-0.1, -0.05) is 24.3 Å². The van der Waals surface area contributed by atoms with Gasteiger partial charge < -0.3 is 10.1 Å². The van der Waals surface area contributed by atoms with Crippen molar-refractivity contribution in [1.82, 2.24) is 14.6 Å². The van der Waals surface area contributed by atoms with E-state index >= 15 is 0 Å². The summed E-state index contributed by atoms with van der Waals surface area (Å²) in [7, 11) is -3.65. The number of thiophene rings is 1. The Morgan fingerprint density at radius 2 is 2.00 bits per heavy atom. The lowest BCUT2D eigenvalue weighted by molar-refractivity contribution is -0.00193. The molecule has 3 aromatic rings. The van der Waals surface area contributed by atoms with Gasteiger partial charge in [-0.3, -0.25) is 4.79 Å². The molecule has 0 saturated carbocycles. The highest BCUT2D eigenvalue weighted by molar-refractivity contribution is 7.89. The SMILES string of the molecule is CC(C)NC(=O)c1sc2ncccc2c1[C@H]1CN(S(=O)(=O)c2ccccc2)CCO1. The van der Waals surface area contributed by atoms with E-state index in [0.29, 0.717) is 10.4 Å². The second-order valence-electron chi connectivity index (χ2n) is 7.36. The van der Waals surface area contributed by atoms with Gasteiger partial charge in [-0.25, -0.2) is 13.4 Å². The summed E-state index contributed by atoms with van der Waals surface area (Å²) in [6, 6.07) is 12.1. The predicted molar refractivity (Wildman–Crippen MR) is 116 cm³/mol.